The summed E-state index contributed by atoms with van der Waals surface area (Å²) in [5, 5.41) is 0. The molecule has 1 N–H and O–H groups in total. The zero-order chi connectivity index (χ0) is 14.6. The number of nitrogens with zero attached hydrogens (tertiary/aromatic N) is 2. The van der Waals surface area contributed by atoms with Crippen molar-refractivity contribution in [1.82, 2.24) is 14.6 Å². The van der Waals surface area contributed by atoms with Crippen LogP contribution < -0.4 is 4.72 Å². The summed E-state index contributed by atoms with van der Waals surface area (Å²) in [6, 6.07) is 3.50. The minimum atomic E-state index is -3.14. The standard InChI is InChI=1S/C13H19N3O3S/c1-20(18,19)15-9-11-4-7-16(8-5-11)13(17)12-3-2-6-14-10-12/h2-3,6,10-11,15H,4-5,7-9H2,1H3. The van der Waals surface area contributed by atoms with Gasteiger partial charge in [0.15, 0.2) is 0 Å². The van der Waals surface area contributed by atoms with E-state index in [1.807, 2.05) is 0 Å². The molecule has 6 nitrogen and oxygen atoms in total. The summed E-state index contributed by atoms with van der Waals surface area (Å²) >= 11 is 0. The summed E-state index contributed by atoms with van der Waals surface area (Å²) in [5.74, 6) is 0.287. The second kappa shape index (κ2) is 6.32. The Kier molecular flexibility index (Phi) is 4.72. The first-order valence-corrected chi connectivity index (χ1v) is 8.49. The molecule has 7 heteroatoms. The van der Waals surface area contributed by atoms with Crippen LogP contribution in [0.25, 0.3) is 0 Å². The highest BCUT2D eigenvalue weighted by Crippen LogP contribution is 2.18. The molecular weight excluding hydrogens is 278 g/mol. The number of carbonyl (C=O) groups excluding carboxylic acids is 1. The van der Waals surface area contributed by atoms with Crippen LogP contribution in [0.2, 0.25) is 0 Å². The fourth-order valence-electron chi connectivity index (χ4n) is 2.28. The molecule has 2 heterocycles. The Bertz CT molecular complexity index is 551. The smallest absolute Gasteiger partial charge is 0.255 e. The van der Waals surface area contributed by atoms with Crippen molar-refractivity contribution in [2.45, 2.75) is 12.8 Å². The first-order chi connectivity index (χ1) is 9.46. The zero-order valence-corrected chi connectivity index (χ0v) is 12.3. The highest BCUT2D eigenvalue weighted by atomic mass is 32.2. The molecule has 0 spiro atoms. The van der Waals surface area contributed by atoms with Crippen LogP contribution in [0, 0.1) is 5.92 Å². The maximum absolute atomic E-state index is 12.2. The molecule has 0 saturated carbocycles. The highest BCUT2D eigenvalue weighted by Gasteiger charge is 2.24. The molecule has 0 atom stereocenters. The minimum absolute atomic E-state index is 0.00683. The predicted octanol–water partition coefficient (Wildman–Crippen LogP) is 0.483. The van der Waals surface area contributed by atoms with E-state index in [4.69, 9.17) is 0 Å². The Morgan fingerprint density at radius 2 is 2.15 bits per heavy atom. The summed E-state index contributed by atoms with van der Waals surface area (Å²) in [7, 11) is -3.14. The van der Waals surface area contributed by atoms with Gasteiger partial charge in [-0.3, -0.25) is 9.78 Å². The molecule has 0 unspecified atom stereocenters. The van der Waals surface area contributed by atoms with Gasteiger partial charge in [0.1, 0.15) is 0 Å². The predicted molar refractivity (Wildman–Crippen MR) is 75.7 cm³/mol. The number of carbonyl (C=O) groups is 1. The van der Waals surface area contributed by atoms with Gasteiger partial charge < -0.3 is 4.90 Å². The number of amides is 1. The van der Waals surface area contributed by atoms with E-state index in [9.17, 15) is 13.2 Å². The van der Waals surface area contributed by atoms with Gasteiger partial charge in [0, 0.05) is 32.0 Å². The summed E-state index contributed by atoms with van der Waals surface area (Å²) in [4.78, 5) is 17.9. The fourth-order valence-corrected chi connectivity index (χ4v) is 2.82. The lowest BCUT2D eigenvalue weighted by molar-refractivity contribution is 0.0691. The van der Waals surface area contributed by atoms with Crippen LogP contribution in [0.4, 0.5) is 0 Å². The van der Waals surface area contributed by atoms with Gasteiger partial charge in [-0.15, -0.1) is 0 Å². The van der Waals surface area contributed by atoms with E-state index in [1.54, 1.807) is 29.4 Å². The molecule has 0 aliphatic carbocycles. The van der Waals surface area contributed by atoms with Gasteiger partial charge in [-0.2, -0.15) is 0 Å². The quantitative estimate of drug-likeness (QED) is 0.877. The van der Waals surface area contributed by atoms with Gasteiger partial charge in [0.05, 0.1) is 11.8 Å². The van der Waals surface area contributed by atoms with Crippen molar-refractivity contribution in [2.75, 3.05) is 25.9 Å². The molecule has 1 saturated heterocycles. The summed E-state index contributed by atoms with van der Waals surface area (Å²) in [6.45, 7) is 1.77. The minimum Gasteiger partial charge on any atom is -0.339 e. The number of aromatic nitrogens is 1. The lowest BCUT2D eigenvalue weighted by Crippen LogP contribution is -2.41. The van der Waals surface area contributed by atoms with Crippen molar-refractivity contribution < 1.29 is 13.2 Å². The third kappa shape index (κ3) is 4.28. The van der Waals surface area contributed by atoms with Crippen molar-refractivity contribution in [1.29, 1.82) is 0 Å². The average molecular weight is 297 g/mol. The Morgan fingerprint density at radius 1 is 1.45 bits per heavy atom. The number of nitrogens with one attached hydrogen (secondary N) is 1. The first kappa shape index (κ1) is 14.9. The third-order valence-electron chi connectivity index (χ3n) is 3.44. The monoisotopic (exact) mass is 297 g/mol. The average Bonchev–Trinajstić information content (AvgIpc) is 2.45. The third-order valence-corrected chi connectivity index (χ3v) is 4.14. The van der Waals surface area contributed by atoms with Gasteiger partial charge >= 0.3 is 0 Å². The molecule has 1 aliphatic heterocycles. The first-order valence-electron chi connectivity index (χ1n) is 6.59. The second-order valence-corrected chi connectivity index (χ2v) is 6.93. The van der Waals surface area contributed by atoms with Crippen LogP contribution in [0.5, 0.6) is 0 Å². The molecule has 110 valence electrons. The number of hydrogen-bond acceptors (Lipinski definition) is 4. The van der Waals surface area contributed by atoms with Crippen molar-refractivity contribution >= 4 is 15.9 Å². The van der Waals surface area contributed by atoms with Crippen LogP contribution in [0.15, 0.2) is 24.5 Å². The SMILES string of the molecule is CS(=O)(=O)NCC1CCN(C(=O)c2cccnc2)CC1. The van der Waals surface area contributed by atoms with Crippen LogP contribution in [-0.2, 0) is 10.0 Å². The van der Waals surface area contributed by atoms with Crippen LogP contribution in [0.1, 0.15) is 23.2 Å². The van der Waals surface area contributed by atoms with Crippen LogP contribution in [-0.4, -0.2) is 50.1 Å². The molecular formula is C13H19N3O3S. The number of pyridine rings is 1. The van der Waals surface area contributed by atoms with Crippen molar-refractivity contribution in [2.24, 2.45) is 5.92 Å². The summed E-state index contributed by atoms with van der Waals surface area (Å²) < 4.78 is 24.6. The highest BCUT2D eigenvalue weighted by molar-refractivity contribution is 7.88. The van der Waals surface area contributed by atoms with Gasteiger partial charge in [0.2, 0.25) is 10.0 Å². The Morgan fingerprint density at radius 3 is 2.70 bits per heavy atom. The summed E-state index contributed by atoms with van der Waals surface area (Å²) in [5.41, 5.74) is 0.597. The number of likely N-dealkylation sites (tertiary alicyclic amines) is 1. The second-order valence-electron chi connectivity index (χ2n) is 5.10. The number of piperidine rings is 1. The van der Waals surface area contributed by atoms with E-state index >= 15 is 0 Å². The molecule has 1 aromatic rings. The molecule has 20 heavy (non-hydrogen) atoms. The Labute approximate surface area is 119 Å². The Balaban J connectivity index is 1.84. The largest absolute Gasteiger partial charge is 0.339 e. The molecule has 1 amide bonds. The van der Waals surface area contributed by atoms with E-state index in [1.165, 1.54) is 0 Å². The number of sulfonamides is 1. The van der Waals surface area contributed by atoms with E-state index in [-0.39, 0.29) is 5.91 Å². The van der Waals surface area contributed by atoms with Gasteiger partial charge in [0.25, 0.3) is 5.91 Å². The molecule has 1 aliphatic rings. The van der Waals surface area contributed by atoms with Crippen molar-refractivity contribution in [3.63, 3.8) is 0 Å². The van der Waals surface area contributed by atoms with Crippen LogP contribution in [0.3, 0.4) is 0 Å². The van der Waals surface area contributed by atoms with E-state index in [0.29, 0.717) is 31.1 Å². The molecule has 1 fully saturated rings. The van der Waals surface area contributed by atoms with Gasteiger partial charge in [-0.25, -0.2) is 13.1 Å². The van der Waals surface area contributed by atoms with Gasteiger partial charge in [-0.05, 0) is 30.9 Å². The van der Waals surface area contributed by atoms with Crippen molar-refractivity contribution in [3.05, 3.63) is 30.1 Å². The lowest BCUT2D eigenvalue weighted by atomic mass is 9.97. The molecule has 0 bridgehead atoms. The fraction of sp³-hybridized carbons (Fsp3) is 0.538. The summed E-state index contributed by atoms with van der Waals surface area (Å²) in [6.07, 6.45) is 6.00. The molecule has 0 aromatic carbocycles. The van der Waals surface area contributed by atoms with Gasteiger partial charge in [-0.1, -0.05) is 0 Å². The van der Waals surface area contributed by atoms with Crippen LogP contribution >= 0.6 is 0 Å². The van der Waals surface area contributed by atoms with E-state index < -0.39 is 10.0 Å². The molecule has 0 radical (unpaired) electrons. The van der Waals surface area contributed by atoms with Crippen molar-refractivity contribution in [3.8, 4) is 0 Å². The number of hydrogen-bond donors (Lipinski definition) is 1. The maximum atomic E-state index is 12.2. The topological polar surface area (TPSA) is 79.4 Å². The maximum Gasteiger partial charge on any atom is 0.255 e. The zero-order valence-electron chi connectivity index (χ0n) is 11.4. The number of rotatable bonds is 4. The van der Waals surface area contributed by atoms with E-state index in [0.717, 1.165) is 19.1 Å². The molecule has 2 rings (SSSR count). The normalized spacial score (nSPS) is 17.1. The Hall–Kier alpha value is -1.47. The molecule has 1 aromatic heterocycles. The lowest BCUT2D eigenvalue weighted by Gasteiger charge is -2.32. The van der Waals surface area contributed by atoms with E-state index in [2.05, 4.69) is 9.71 Å².